The Morgan fingerprint density at radius 3 is 2.39 bits per heavy atom. The Morgan fingerprint density at radius 1 is 1.03 bits per heavy atom. The van der Waals surface area contributed by atoms with Crippen molar-refractivity contribution in [3.8, 4) is 0 Å². The third-order valence-electron chi connectivity index (χ3n) is 5.36. The van der Waals surface area contributed by atoms with E-state index in [9.17, 15) is 12.8 Å². The van der Waals surface area contributed by atoms with Crippen LogP contribution in [0, 0.1) is 12.7 Å². The minimum absolute atomic E-state index is 0.0280. The molecule has 2 atom stereocenters. The Morgan fingerprint density at radius 2 is 1.73 bits per heavy atom. The zero-order valence-corrected chi connectivity index (χ0v) is 20.4. The summed E-state index contributed by atoms with van der Waals surface area (Å²) in [6.45, 7) is 1.53. The average molecular weight is 527 g/mol. The molecule has 1 aliphatic heterocycles. The lowest BCUT2D eigenvalue weighted by Gasteiger charge is -2.21. The van der Waals surface area contributed by atoms with Gasteiger partial charge in [0.2, 0.25) is 10.0 Å². The number of nitrogens with one attached hydrogen (secondary N) is 2. The number of nitrogens with zero attached hydrogens (tertiary/aromatic N) is 1. The summed E-state index contributed by atoms with van der Waals surface area (Å²) < 4.78 is 42.8. The van der Waals surface area contributed by atoms with Crippen LogP contribution in [-0.2, 0) is 10.0 Å². The summed E-state index contributed by atoms with van der Waals surface area (Å²) in [5.74, 6) is -0.515. The fourth-order valence-electron chi connectivity index (χ4n) is 3.71. The molecule has 3 aromatic rings. The van der Waals surface area contributed by atoms with Crippen LogP contribution in [0.1, 0.15) is 35.2 Å². The van der Waals surface area contributed by atoms with Crippen molar-refractivity contribution >= 4 is 50.5 Å². The molecule has 2 N–H and O–H groups in total. The summed E-state index contributed by atoms with van der Waals surface area (Å²) in [6, 6.07) is 14.7. The molecule has 10 heteroatoms. The first-order valence-corrected chi connectivity index (χ1v) is 12.6. The second-order valence-corrected chi connectivity index (χ2v) is 10.6. The summed E-state index contributed by atoms with van der Waals surface area (Å²) in [6.07, 6.45) is 0.427. The first-order valence-electron chi connectivity index (χ1n) is 9.95. The second-order valence-electron chi connectivity index (χ2n) is 7.67. The molecule has 0 fully saturated rings. The Kier molecular flexibility index (Phi) is 6.98. The van der Waals surface area contributed by atoms with E-state index in [0.717, 1.165) is 11.6 Å². The van der Waals surface area contributed by atoms with Gasteiger partial charge in [0.25, 0.3) is 0 Å². The van der Waals surface area contributed by atoms with Crippen LogP contribution in [0.4, 0.5) is 4.39 Å². The number of hydrogen-bond donors (Lipinski definition) is 2. The third-order valence-corrected chi connectivity index (χ3v) is 7.75. The van der Waals surface area contributed by atoms with E-state index in [0.29, 0.717) is 32.8 Å². The summed E-state index contributed by atoms with van der Waals surface area (Å²) in [7, 11) is -4.04. The van der Waals surface area contributed by atoms with Crippen molar-refractivity contribution < 1.29 is 12.8 Å². The monoisotopic (exact) mass is 525 g/mol. The van der Waals surface area contributed by atoms with Crippen molar-refractivity contribution in [1.29, 1.82) is 0 Å². The van der Waals surface area contributed by atoms with E-state index >= 15 is 0 Å². The standard InChI is InChI=1S/C23H19Cl3FN3O2S/c1-13-10-17(27)7-9-22(13)33(31,32)30-23(18-8-6-16(25)11-19(18)26)21-12-20(28-29-21)14-2-4-15(24)5-3-14/h2-11,20,23,28,30H,12H2,1H3. The molecule has 0 aromatic heterocycles. The van der Waals surface area contributed by atoms with E-state index in [2.05, 4.69) is 15.2 Å². The number of sulfonamides is 1. The van der Waals surface area contributed by atoms with Crippen molar-refractivity contribution in [2.45, 2.75) is 30.3 Å². The lowest BCUT2D eigenvalue weighted by atomic mass is 9.96. The van der Waals surface area contributed by atoms with E-state index < -0.39 is 21.9 Å². The van der Waals surface area contributed by atoms with Gasteiger partial charge >= 0.3 is 0 Å². The Labute approximate surface area is 206 Å². The first-order chi connectivity index (χ1) is 15.6. The van der Waals surface area contributed by atoms with E-state index in [1.54, 1.807) is 30.3 Å². The molecule has 0 spiro atoms. The van der Waals surface area contributed by atoms with Gasteiger partial charge in [-0.15, -0.1) is 0 Å². The number of benzene rings is 3. The van der Waals surface area contributed by atoms with Crippen LogP contribution < -0.4 is 10.1 Å². The lowest BCUT2D eigenvalue weighted by molar-refractivity contribution is 0.574. The van der Waals surface area contributed by atoms with Gasteiger partial charge in [-0.25, -0.2) is 12.8 Å². The molecule has 1 heterocycles. The molecule has 0 saturated heterocycles. The van der Waals surface area contributed by atoms with Gasteiger partial charge in [-0.05, 0) is 66.1 Å². The highest BCUT2D eigenvalue weighted by atomic mass is 35.5. The molecule has 2 unspecified atom stereocenters. The molecule has 3 aromatic carbocycles. The van der Waals surface area contributed by atoms with Gasteiger partial charge in [-0.3, -0.25) is 0 Å². The number of aryl methyl sites for hydroxylation is 1. The van der Waals surface area contributed by atoms with Gasteiger partial charge in [-0.1, -0.05) is 53.0 Å². The van der Waals surface area contributed by atoms with Gasteiger partial charge in [0.05, 0.1) is 22.7 Å². The summed E-state index contributed by atoms with van der Waals surface area (Å²) in [5.41, 5.74) is 5.35. The average Bonchev–Trinajstić information content (AvgIpc) is 3.23. The predicted octanol–water partition coefficient (Wildman–Crippen LogP) is 6.20. The van der Waals surface area contributed by atoms with Crippen molar-refractivity contribution in [3.05, 3.63) is 98.2 Å². The molecule has 33 heavy (non-hydrogen) atoms. The van der Waals surface area contributed by atoms with Gasteiger partial charge in [-0.2, -0.15) is 9.82 Å². The van der Waals surface area contributed by atoms with Crippen molar-refractivity contribution in [2.75, 3.05) is 0 Å². The topological polar surface area (TPSA) is 70.6 Å². The van der Waals surface area contributed by atoms with Crippen LogP contribution >= 0.6 is 34.8 Å². The Hall–Kier alpha value is -2.16. The quantitative estimate of drug-likeness (QED) is 0.401. The fourth-order valence-corrected chi connectivity index (χ4v) is 5.78. The molecule has 0 amide bonds. The number of hydrazone groups is 1. The summed E-state index contributed by atoms with van der Waals surface area (Å²) in [5, 5.41) is 5.76. The number of hydrogen-bond acceptors (Lipinski definition) is 4. The van der Waals surface area contributed by atoms with E-state index in [4.69, 9.17) is 34.8 Å². The second kappa shape index (κ2) is 9.60. The van der Waals surface area contributed by atoms with Crippen molar-refractivity contribution in [1.82, 2.24) is 10.1 Å². The zero-order chi connectivity index (χ0) is 23.8. The minimum Gasteiger partial charge on any atom is -0.302 e. The smallest absolute Gasteiger partial charge is 0.241 e. The van der Waals surface area contributed by atoms with Crippen LogP contribution in [0.25, 0.3) is 0 Å². The fraction of sp³-hybridized carbons (Fsp3) is 0.174. The van der Waals surface area contributed by atoms with Gasteiger partial charge in [0.1, 0.15) is 5.82 Å². The molecular formula is C23H19Cl3FN3O2S. The third kappa shape index (κ3) is 5.34. The van der Waals surface area contributed by atoms with E-state index in [1.807, 2.05) is 12.1 Å². The van der Waals surface area contributed by atoms with Gasteiger partial charge < -0.3 is 5.43 Å². The lowest BCUT2D eigenvalue weighted by Crippen LogP contribution is -2.34. The van der Waals surface area contributed by atoms with Gasteiger partial charge in [0, 0.05) is 21.5 Å². The number of rotatable bonds is 6. The van der Waals surface area contributed by atoms with Crippen LogP contribution in [0.3, 0.4) is 0 Å². The molecule has 172 valence electrons. The summed E-state index contributed by atoms with van der Waals surface area (Å²) >= 11 is 18.5. The van der Waals surface area contributed by atoms with Crippen LogP contribution in [-0.4, -0.2) is 14.1 Å². The zero-order valence-electron chi connectivity index (χ0n) is 17.3. The molecule has 5 nitrogen and oxygen atoms in total. The molecule has 1 aliphatic rings. The van der Waals surface area contributed by atoms with Crippen molar-refractivity contribution in [2.24, 2.45) is 5.10 Å². The molecule has 0 saturated carbocycles. The Balaban J connectivity index is 1.69. The molecule has 4 rings (SSSR count). The normalized spacial score (nSPS) is 16.9. The SMILES string of the molecule is Cc1cc(F)ccc1S(=O)(=O)NC(C1=NNC(c2ccc(Cl)cc2)C1)c1ccc(Cl)cc1Cl. The maximum atomic E-state index is 13.5. The van der Waals surface area contributed by atoms with Crippen LogP contribution in [0.5, 0.6) is 0 Å². The van der Waals surface area contributed by atoms with E-state index in [-0.39, 0.29) is 16.5 Å². The molecular weight excluding hydrogens is 508 g/mol. The van der Waals surface area contributed by atoms with Gasteiger partial charge in [0.15, 0.2) is 0 Å². The molecule has 0 radical (unpaired) electrons. The highest BCUT2D eigenvalue weighted by Gasteiger charge is 2.32. The predicted molar refractivity (Wildman–Crippen MR) is 130 cm³/mol. The maximum Gasteiger partial charge on any atom is 0.241 e. The molecule has 0 aliphatic carbocycles. The van der Waals surface area contributed by atoms with Crippen LogP contribution in [0.15, 0.2) is 70.7 Å². The summed E-state index contributed by atoms with van der Waals surface area (Å²) in [4.78, 5) is -0.0280. The van der Waals surface area contributed by atoms with Crippen molar-refractivity contribution in [3.63, 3.8) is 0 Å². The van der Waals surface area contributed by atoms with E-state index in [1.165, 1.54) is 19.1 Å². The minimum atomic E-state index is -4.04. The molecule has 0 bridgehead atoms. The maximum absolute atomic E-state index is 13.5. The highest BCUT2D eigenvalue weighted by Crippen LogP contribution is 2.34. The number of halogens is 4. The van der Waals surface area contributed by atoms with Crippen LogP contribution in [0.2, 0.25) is 15.1 Å². The largest absolute Gasteiger partial charge is 0.302 e. The first kappa shape index (κ1) is 24.0. The highest BCUT2D eigenvalue weighted by molar-refractivity contribution is 7.89. The Bertz CT molecular complexity index is 1330.